The van der Waals surface area contributed by atoms with Crippen molar-refractivity contribution in [1.29, 1.82) is 0 Å². The van der Waals surface area contributed by atoms with E-state index in [2.05, 4.69) is 29.5 Å². The molecule has 7 nitrogen and oxygen atoms in total. The predicted molar refractivity (Wildman–Crippen MR) is 62.5 cm³/mol. The molecule has 0 aromatic heterocycles. The third-order valence-corrected chi connectivity index (χ3v) is 0.249. The second kappa shape index (κ2) is 23.8. The molecule has 3 N–H and O–H groups in total. The first-order chi connectivity index (χ1) is 7.65. The molecule has 0 atom stereocenters. The van der Waals surface area contributed by atoms with Gasteiger partial charge in [0.1, 0.15) is 0 Å². The first-order valence-corrected chi connectivity index (χ1v) is 4.26. The van der Waals surface area contributed by atoms with Crippen molar-refractivity contribution < 1.29 is 34.4 Å². The molecule has 0 bridgehead atoms. The molecular weight excluding hydrogens is 279 g/mol. The second-order valence-electron chi connectivity index (χ2n) is 1.47. The first kappa shape index (κ1) is 24.5. The molecule has 0 aliphatic heterocycles. The summed E-state index contributed by atoms with van der Waals surface area (Å²) < 4.78 is 4.17. The van der Waals surface area contributed by atoms with E-state index in [4.69, 9.17) is 36.5 Å². The highest BCUT2D eigenvalue weighted by atomic mass is 35.5. The van der Waals surface area contributed by atoms with E-state index >= 15 is 0 Å². The summed E-state index contributed by atoms with van der Waals surface area (Å²) >= 11 is 8.95. The Morgan fingerprint density at radius 1 is 1.18 bits per heavy atom. The highest BCUT2D eigenvalue weighted by Gasteiger charge is 1.79. The van der Waals surface area contributed by atoms with Gasteiger partial charge in [-0.05, 0) is 5.54 Å². The molecule has 0 spiro atoms. The second-order valence-corrected chi connectivity index (χ2v) is 2.10. The van der Waals surface area contributed by atoms with Crippen LogP contribution in [0, 0.1) is 0 Å². The monoisotopic (exact) mass is 290 g/mol. The zero-order chi connectivity index (χ0) is 14.9. The van der Waals surface area contributed by atoms with Crippen LogP contribution in [-0.2, 0) is 9.53 Å². The molecule has 0 aromatic rings. The van der Waals surface area contributed by atoms with Gasteiger partial charge >= 0.3 is 17.6 Å². The average molecular weight is 291 g/mol. The van der Waals surface area contributed by atoms with Gasteiger partial charge in [-0.25, -0.2) is 9.59 Å². The van der Waals surface area contributed by atoms with Crippen molar-refractivity contribution in [3.05, 3.63) is 25.0 Å². The van der Waals surface area contributed by atoms with Gasteiger partial charge < -0.3 is 20.1 Å². The molecule has 0 amide bonds. The lowest BCUT2D eigenvalue weighted by molar-refractivity contribution is -0.135. The molecule has 0 saturated heterocycles. The van der Waals surface area contributed by atoms with E-state index in [1.54, 1.807) is 0 Å². The number of carboxylic acid groups (broad SMARTS) is 3. The van der Waals surface area contributed by atoms with E-state index in [1.807, 2.05) is 0 Å². The Morgan fingerprint density at radius 3 is 1.35 bits per heavy atom. The van der Waals surface area contributed by atoms with E-state index in [9.17, 15) is 4.79 Å². The fourth-order valence-electron chi connectivity index (χ4n) is 0.117. The summed E-state index contributed by atoms with van der Waals surface area (Å²) in [6.07, 6.45) is -0.734. The van der Waals surface area contributed by atoms with E-state index in [-0.39, 0.29) is 5.97 Å². The maximum Gasteiger partial charge on any atom is 0.503 e. The van der Waals surface area contributed by atoms with Crippen LogP contribution in [0.25, 0.3) is 0 Å². The Balaban J connectivity index is -0.0000000688. The molecule has 0 saturated carbocycles. The van der Waals surface area contributed by atoms with Crippen molar-refractivity contribution in [2.45, 2.75) is 6.92 Å². The first-order valence-electron chi connectivity index (χ1n) is 3.45. The molecule has 0 aliphatic rings. The number of halogens is 2. The topological polar surface area (TPSA) is 121 Å². The van der Waals surface area contributed by atoms with Gasteiger partial charge in [-0.1, -0.05) is 24.8 Å². The van der Waals surface area contributed by atoms with Crippen LogP contribution in [0.15, 0.2) is 25.0 Å². The van der Waals surface area contributed by atoms with Gasteiger partial charge in [0.05, 0.1) is 6.26 Å². The van der Waals surface area contributed by atoms with Crippen LogP contribution in [0.1, 0.15) is 6.92 Å². The van der Waals surface area contributed by atoms with Gasteiger partial charge in [-0.15, -0.1) is 0 Å². The summed E-state index contributed by atoms with van der Waals surface area (Å²) in [4.78, 5) is 27.1. The fraction of sp³-hybridized carbons (Fsp3) is 0.125. The van der Waals surface area contributed by atoms with Crippen molar-refractivity contribution in [2.75, 3.05) is 0 Å². The number of rotatable bonds is 1. The highest BCUT2D eigenvalue weighted by Crippen LogP contribution is 1.70. The Morgan fingerprint density at radius 2 is 1.35 bits per heavy atom. The maximum atomic E-state index is 9.75. The minimum absolute atomic E-state index is 0.329. The third kappa shape index (κ3) is 1330. The van der Waals surface area contributed by atoms with Crippen molar-refractivity contribution in [1.82, 2.24) is 0 Å². The summed E-state index contributed by atoms with van der Waals surface area (Å²) in [6, 6.07) is 0. The van der Waals surface area contributed by atoms with Gasteiger partial charge in [0.2, 0.25) is 0 Å². The summed E-state index contributed by atoms with van der Waals surface area (Å²) in [5.41, 5.74) is -0.139. The third-order valence-electron chi connectivity index (χ3n) is 0.249. The molecule has 17 heavy (non-hydrogen) atoms. The molecule has 0 fully saturated rings. The quantitative estimate of drug-likeness (QED) is 0.385. The van der Waals surface area contributed by atoms with Gasteiger partial charge in [-0.3, -0.25) is 4.79 Å². The van der Waals surface area contributed by atoms with Crippen molar-refractivity contribution in [2.24, 2.45) is 0 Å². The number of ether oxygens (including phenoxy) is 1. The maximum absolute atomic E-state index is 9.75. The largest absolute Gasteiger partial charge is 0.503 e. The normalized spacial score (nSPS) is 6.06. The zero-order valence-electron chi connectivity index (χ0n) is 8.80. The van der Waals surface area contributed by atoms with Crippen LogP contribution in [-0.4, -0.2) is 32.9 Å². The zero-order valence-corrected chi connectivity index (χ0v) is 10.3. The van der Waals surface area contributed by atoms with E-state index < -0.39 is 11.6 Å². The van der Waals surface area contributed by atoms with Crippen molar-refractivity contribution >= 4 is 40.8 Å². The lowest BCUT2D eigenvalue weighted by atomic mass is 10.8. The summed E-state index contributed by atoms with van der Waals surface area (Å²) in [5.74, 6) is -0.329. The Hall–Kier alpha value is -1.73. The van der Waals surface area contributed by atoms with Crippen LogP contribution in [0.5, 0.6) is 0 Å². The molecule has 0 aromatic carbocycles. The van der Waals surface area contributed by atoms with Gasteiger partial charge in [0.15, 0.2) is 0 Å². The van der Waals surface area contributed by atoms with Crippen LogP contribution in [0.2, 0.25) is 0 Å². The van der Waals surface area contributed by atoms with E-state index in [0.29, 0.717) is 0 Å². The lowest BCUT2D eigenvalue weighted by Gasteiger charge is -1.83. The molecule has 0 aliphatic carbocycles. The summed E-state index contributed by atoms with van der Waals surface area (Å²) in [5, 5.41) is 21.1. The molecule has 0 unspecified atom stereocenters. The highest BCUT2D eigenvalue weighted by molar-refractivity contribution is 6.60. The molecule has 0 rings (SSSR count). The predicted octanol–water partition coefficient (Wildman–Crippen LogP) is 3.19. The van der Waals surface area contributed by atoms with Crippen LogP contribution in [0.4, 0.5) is 9.59 Å². The SMILES string of the molecule is C=CCl.C=COC(C)=O.O=C(O)Cl.O=C(O)O. The van der Waals surface area contributed by atoms with Gasteiger partial charge in [0.25, 0.3) is 0 Å². The molecule has 9 heteroatoms. The van der Waals surface area contributed by atoms with Crippen molar-refractivity contribution in [3.63, 3.8) is 0 Å². The van der Waals surface area contributed by atoms with Crippen molar-refractivity contribution in [3.8, 4) is 0 Å². The average Bonchev–Trinajstić information content (AvgIpc) is 2.01. The number of hydrogen-bond acceptors (Lipinski definition) is 4. The number of carbonyl (C=O) groups excluding carboxylic acids is 1. The standard InChI is InChI=1S/C4H6O2.C2H3Cl.CHClO2.CH2O3/c1-3-6-4(2)5;1-2-3;2*2-1(3)4/h3H,1H2,2H3;2H,1H2;(H,3,4);(H2,2,3,4). The molecule has 0 heterocycles. The Labute approximate surface area is 108 Å². The number of hydrogen-bond donors (Lipinski definition) is 3. The van der Waals surface area contributed by atoms with E-state index in [0.717, 1.165) is 6.26 Å². The molecular formula is C8H12Cl2O7. The van der Waals surface area contributed by atoms with Gasteiger partial charge in [-0.2, -0.15) is 0 Å². The van der Waals surface area contributed by atoms with Crippen LogP contribution in [0.3, 0.4) is 0 Å². The number of esters is 1. The minimum Gasteiger partial charge on any atom is -0.469 e. The number of carbonyl (C=O) groups is 3. The molecule has 100 valence electrons. The Bertz CT molecular complexity index is 220. The lowest BCUT2D eigenvalue weighted by Crippen LogP contribution is -1.87. The fourth-order valence-corrected chi connectivity index (χ4v) is 0.117. The molecule has 0 radical (unpaired) electrons. The minimum atomic E-state index is -1.83. The van der Waals surface area contributed by atoms with Gasteiger partial charge in [0, 0.05) is 18.5 Å². The summed E-state index contributed by atoms with van der Waals surface area (Å²) in [7, 11) is 0. The van der Waals surface area contributed by atoms with Crippen LogP contribution >= 0.6 is 23.2 Å². The summed E-state index contributed by atoms with van der Waals surface area (Å²) in [6.45, 7) is 7.61. The smallest absolute Gasteiger partial charge is 0.469 e. The Kier molecular flexibility index (Phi) is 34.3. The van der Waals surface area contributed by atoms with Crippen LogP contribution < -0.4 is 0 Å². The van der Waals surface area contributed by atoms with E-state index in [1.165, 1.54) is 12.5 Å².